The Morgan fingerprint density at radius 1 is 1.07 bits per heavy atom. The summed E-state index contributed by atoms with van der Waals surface area (Å²) in [5.74, 6) is 0.180. The minimum atomic E-state index is -0.0550. The topological polar surface area (TPSA) is 61.8 Å². The number of fused-ring (bicyclic) bond motifs is 1. The summed E-state index contributed by atoms with van der Waals surface area (Å²) < 4.78 is 5.41. The summed E-state index contributed by atoms with van der Waals surface area (Å²) in [6.45, 7) is 7.43. The highest BCUT2D eigenvalue weighted by Crippen LogP contribution is 2.27. The van der Waals surface area contributed by atoms with Gasteiger partial charge in [0.1, 0.15) is 5.75 Å². The number of carbonyl (C=O) groups excluding carboxylic acids is 1. The van der Waals surface area contributed by atoms with Crippen LogP contribution in [0.2, 0.25) is 0 Å². The number of ether oxygens (including phenoxy) is 1. The van der Waals surface area contributed by atoms with E-state index in [-0.39, 0.29) is 17.7 Å². The van der Waals surface area contributed by atoms with Crippen LogP contribution < -0.4 is 10.2 Å². The lowest BCUT2D eigenvalue weighted by atomic mass is 10.1. The molecule has 2 aromatic carbocycles. The van der Waals surface area contributed by atoms with Crippen LogP contribution in [0.5, 0.6) is 5.75 Å². The van der Waals surface area contributed by atoms with E-state index in [0.717, 1.165) is 18.8 Å². The fourth-order valence-electron chi connectivity index (χ4n) is 3.48. The molecule has 2 aliphatic heterocycles. The Kier molecular flexibility index (Phi) is 6.35. The Morgan fingerprint density at radius 2 is 1.74 bits per heavy atom. The smallest absolute Gasteiger partial charge is 0.217 e. The molecule has 1 unspecified atom stereocenters. The molecule has 27 heavy (non-hydrogen) atoms. The lowest BCUT2D eigenvalue weighted by Gasteiger charge is -2.18. The molecule has 0 saturated carbocycles. The number of rotatable bonds is 3. The van der Waals surface area contributed by atoms with Crippen molar-refractivity contribution in [2.24, 2.45) is 0 Å². The summed E-state index contributed by atoms with van der Waals surface area (Å²) in [5.41, 5.74) is 5.11. The van der Waals surface area contributed by atoms with E-state index in [1.807, 2.05) is 6.92 Å². The maximum Gasteiger partial charge on any atom is 0.217 e. The van der Waals surface area contributed by atoms with Gasteiger partial charge in [-0.05, 0) is 60.7 Å². The van der Waals surface area contributed by atoms with E-state index in [0.29, 0.717) is 0 Å². The van der Waals surface area contributed by atoms with Crippen molar-refractivity contribution in [3.63, 3.8) is 0 Å². The number of carbonyl (C=O) groups is 1. The fourth-order valence-corrected chi connectivity index (χ4v) is 3.48. The van der Waals surface area contributed by atoms with Gasteiger partial charge in [-0.25, -0.2) is 0 Å². The second-order valence-electron chi connectivity index (χ2n) is 7.15. The maximum absolute atomic E-state index is 10.7. The minimum absolute atomic E-state index is 0.0156. The normalized spacial score (nSPS) is 16.3. The van der Waals surface area contributed by atoms with Crippen LogP contribution >= 0.6 is 0 Å². The van der Waals surface area contributed by atoms with Gasteiger partial charge in [0, 0.05) is 25.7 Å². The Labute approximate surface area is 161 Å². The predicted molar refractivity (Wildman–Crippen MR) is 107 cm³/mol. The number of benzene rings is 2. The highest BCUT2D eigenvalue weighted by atomic mass is 16.5. The molecule has 5 heteroatoms. The largest absolute Gasteiger partial charge is 0.508 e. The first-order valence-electron chi connectivity index (χ1n) is 9.53. The average molecular weight is 368 g/mol. The van der Waals surface area contributed by atoms with Crippen LogP contribution in [0, 0.1) is 0 Å². The van der Waals surface area contributed by atoms with E-state index in [1.165, 1.54) is 49.7 Å². The lowest BCUT2D eigenvalue weighted by molar-refractivity contribution is -0.119. The molecule has 2 aromatic rings. The van der Waals surface area contributed by atoms with E-state index in [9.17, 15) is 4.79 Å². The van der Waals surface area contributed by atoms with Crippen LogP contribution in [0.3, 0.4) is 0 Å². The Bertz CT molecular complexity index is 768. The van der Waals surface area contributed by atoms with Crippen molar-refractivity contribution < 1.29 is 14.6 Å². The zero-order chi connectivity index (χ0) is 19.2. The van der Waals surface area contributed by atoms with Crippen LogP contribution in [0.1, 0.15) is 49.4 Å². The van der Waals surface area contributed by atoms with Gasteiger partial charge in [-0.15, -0.1) is 0 Å². The monoisotopic (exact) mass is 368 g/mol. The predicted octanol–water partition coefficient (Wildman–Crippen LogP) is 3.91. The number of anilines is 1. The molecule has 0 aliphatic carbocycles. The van der Waals surface area contributed by atoms with Gasteiger partial charge in [0.05, 0.1) is 19.3 Å². The van der Waals surface area contributed by atoms with Gasteiger partial charge >= 0.3 is 0 Å². The number of aromatic hydroxyl groups is 1. The molecule has 0 bridgehead atoms. The Balaban J connectivity index is 0.000000157. The zero-order valence-electron chi connectivity index (χ0n) is 16.1. The number of phenolic OH excluding ortho intramolecular Hbond substituents is 1. The quantitative estimate of drug-likeness (QED) is 0.862. The Hall–Kier alpha value is -2.53. The molecule has 1 saturated heterocycles. The molecule has 2 aliphatic rings. The van der Waals surface area contributed by atoms with E-state index < -0.39 is 0 Å². The van der Waals surface area contributed by atoms with Crippen molar-refractivity contribution in [1.82, 2.24) is 5.32 Å². The first kappa shape index (κ1) is 19.2. The van der Waals surface area contributed by atoms with Gasteiger partial charge in [0.25, 0.3) is 0 Å². The average Bonchev–Trinajstić information content (AvgIpc) is 3.33. The van der Waals surface area contributed by atoms with E-state index in [1.54, 1.807) is 24.3 Å². The van der Waals surface area contributed by atoms with Crippen molar-refractivity contribution in [2.45, 2.75) is 45.9 Å². The summed E-state index contributed by atoms with van der Waals surface area (Å²) in [6, 6.07) is 13.5. The van der Waals surface area contributed by atoms with Crippen molar-refractivity contribution in [3.05, 3.63) is 59.2 Å². The second kappa shape index (κ2) is 8.91. The van der Waals surface area contributed by atoms with Crippen LogP contribution in [0.15, 0.2) is 42.5 Å². The van der Waals surface area contributed by atoms with Crippen molar-refractivity contribution in [3.8, 4) is 5.75 Å². The molecule has 0 aromatic heterocycles. The van der Waals surface area contributed by atoms with Crippen molar-refractivity contribution in [2.75, 3.05) is 18.0 Å². The number of hydrogen-bond donors (Lipinski definition) is 2. The molecule has 1 fully saturated rings. The van der Waals surface area contributed by atoms with Gasteiger partial charge < -0.3 is 20.1 Å². The third-order valence-corrected chi connectivity index (χ3v) is 4.99. The molecule has 1 amide bonds. The third-order valence-electron chi connectivity index (χ3n) is 4.99. The standard InChI is InChI=1S/C12H15NO.C10H13NO2/c1-2-6-13(5-1)12-4-3-10-8-14-9-11(10)7-12;1-7(11-8(2)12)9-3-5-10(13)6-4-9/h3-4,7H,1-2,5-6,8-9H2;3-7,13H,1-2H3,(H,11,12). The first-order chi connectivity index (χ1) is 13.0. The molecule has 144 valence electrons. The van der Waals surface area contributed by atoms with Crippen LogP contribution in [-0.2, 0) is 22.7 Å². The summed E-state index contributed by atoms with van der Waals surface area (Å²) in [7, 11) is 0. The van der Waals surface area contributed by atoms with Gasteiger partial charge in [0.15, 0.2) is 0 Å². The summed E-state index contributed by atoms with van der Waals surface area (Å²) in [4.78, 5) is 13.2. The lowest BCUT2D eigenvalue weighted by Crippen LogP contribution is -2.23. The highest BCUT2D eigenvalue weighted by Gasteiger charge is 2.16. The number of nitrogens with one attached hydrogen (secondary N) is 1. The molecular weight excluding hydrogens is 340 g/mol. The molecule has 5 nitrogen and oxygen atoms in total. The second-order valence-corrected chi connectivity index (χ2v) is 7.15. The molecule has 0 spiro atoms. The number of amides is 1. The van der Waals surface area contributed by atoms with Gasteiger partial charge in [-0.3, -0.25) is 4.79 Å². The first-order valence-corrected chi connectivity index (χ1v) is 9.53. The van der Waals surface area contributed by atoms with E-state index in [4.69, 9.17) is 9.84 Å². The maximum atomic E-state index is 10.7. The van der Waals surface area contributed by atoms with Crippen molar-refractivity contribution >= 4 is 11.6 Å². The molecular formula is C22H28N2O3. The highest BCUT2D eigenvalue weighted by molar-refractivity contribution is 5.73. The van der Waals surface area contributed by atoms with Gasteiger partial charge in [-0.1, -0.05) is 18.2 Å². The zero-order valence-corrected chi connectivity index (χ0v) is 16.1. The number of nitrogens with zero attached hydrogens (tertiary/aromatic N) is 1. The number of hydrogen-bond acceptors (Lipinski definition) is 4. The van der Waals surface area contributed by atoms with Crippen LogP contribution in [0.25, 0.3) is 0 Å². The Morgan fingerprint density at radius 3 is 2.41 bits per heavy atom. The molecule has 1 atom stereocenters. The number of phenols is 1. The van der Waals surface area contributed by atoms with Gasteiger partial charge in [-0.2, -0.15) is 0 Å². The molecule has 2 heterocycles. The SMILES string of the molecule is CC(=O)NC(C)c1ccc(O)cc1.c1cc2c(cc1N1CCCC1)COC2. The van der Waals surface area contributed by atoms with E-state index >= 15 is 0 Å². The minimum Gasteiger partial charge on any atom is -0.508 e. The molecule has 4 rings (SSSR count). The van der Waals surface area contributed by atoms with Crippen molar-refractivity contribution in [1.29, 1.82) is 0 Å². The van der Waals surface area contributed by atoms with E-state index in [2.05, 4.69) is 28.4 Å². The third kappa shape index (κ3) is 5.23. The summed E-state index contributed by atoms with van der Waals surface area (Å²) >= 11 is 0. The molecule has 2 N–H and O–H groups in total. The van der Waals surface area contributed by atoms with Gasteiger partial charge in [0.2, 0.25) is 5.91 Å². The molecule has 0 radical (unpaired) electrons. The van der Waals surface area contributed by atoms with Crippen LogP contribution in [0.4, 0.5) is 5.69 Å². The summed E-state index contributed by atoms with van der Waals surface area (Å²) in [5, 5.41) is 11.8. The summed E-state index contributed by atoms with van der Waals surface area (Å²) in [6.07, 6.45) is 2.68. The van der Waals surface area contributed by atoms with Crippen LogP contribution in [-0.4, -0.2) is 24.1 Å². The fraction of sp³-hybridized carbons (Fsp3) is 0.409.